The maximum atomic E-state index is 5.93. The summed E-state index contributed by atoms with van der Waals surface area (Å²) in [5.41, 5.74) is 4.16. The van der Waals surface area contributed by atoms with Gasteiger partial charge in [-0.05, 0) is 62.1 Å². The third-order valence-corrected chi connectivity index (χ3v) is 4.08. The molecular weight excluding hydrogens is 266 g/mol. The molecule has 0 radical (unpaired) electrons. The predicted octanol–water partition coefficient (Wildman–Crippen LogP) is 4.41. The molecule has 1 nitrogen and oxygen atoms in total. The minimum absolute atomic E-state index is 0.496. The Morgan fingerprint density at radius 1 is 1.05 bits per heavy atom. The monoisotopic (exact) mass is 287 g/mol. The Kier molecular flexibility index (Phi) is 5.63. The van der Waals surface area contributed by atoms with Crippen LogP contribution >= 0.6 is 11.6 Å². The van der Waals surface area contributed by atoms with E-state index < -0.39 is 0 Å². The topological polar surface area (TPSA) is 12.0 Å². The number of hydrogen-bond acceptors (Lipinski definition) is 1. The van der Waals surface area contributed by atoms with Crippen LogP contribution in [-0.2, 0) is 12.8 Å². The lowest BCUT2D eigenvalue weighted by Crippen LogP contribution is -2.28. The summed E-state index contributed by atoms with van der Waals surface area (Å²) in [5.74, 6) is 0. The molecule has 2 aromatic carbocycles. The average Bonchev–Trinajstić information content (AvgIpc) is 2.47. The molecule has 1 atom stereocenters. The van der Waals surface area contributed by atoms with Crippen molar-refractivity contribution in [1.82, 2.24) is 5.32 Å². The summed E-state index contributed by atoms with van der Waals surface area (Å²) >= 11 is 5.93. The first-order valence-corrected chi connectivity index (χ1v) is 7.53. The first-order valence-electron chi connectivity index (χ1n) is 7.15. The quantitative estimate of drug-likeness (QED) is 0.830. The first kappa shape index (κ1) is 15.1. The van der Waals surface area contributed by atoms with Crippen LogP contribution in [0.1, 0.15) is 23.1 Å². The van der Waals surface area contributed by atoms with Crippen molar-refractivity contribution in [2.75, 3.05) is 7.05 Å². The molecule has 1 unspecified atom stereocenters. The van der Waals surface area contributed by atoms with Crippen molar-refractivity contribution in [3.05, 3.63) is 70.2 Å². The molecule has 2 aromatic rings. The highest BCUT2D eigenvalue weighted by molar-refractivity contribution is 6.30. The molecule has 2 rings (SSSR count). The molecule has 0 fully saturated rings. The summed E-state index contributed by atoms with van der Waals surface area (Å²) in [6.45, 7) is 2.18. The van der Waals surface area contributed by atoms with Gasteiger partial charge in [0.2, 0.25) is 0 Å². The number of hydrogen-bond donors (Lipinski definition) is 1. The van der Waals surface area contributed by atoms with Crippen molar-refractivity contribution < 1.29 is 0 Å². The Morgan fingerprint density at radius 3 is 2.40 bits per heavy atom. The molecule has 0 saturated carbocycles. The lowest BCUT2D eigenvalue weighted by Gasteiger charge is -2.17. The zero-order chi connectivity index (χ0) is 14.4. The van der Waals surface area contributed by atoms with E-state index in [2.05, 4.69) is 48.6 Å². The number of halogens is 1. The highest BCUT2D eigenvalue weighted by Crippen LogP contribution is 2.15. The van der Waals surface area contributed by atoms with Crippen LogP contribution in [0.4, 0.5) is 0 Å². The summed E-state index contributed by atoms with van der Waals surface area (Å²) < 4.78 is 0. The molecule has 0 bridgehead atoms. The van der Waals surface area contributed by atoms with Gasteiger partial charge in [-0.25, -0.2) is 0 Å². The van der Waals surface area contributed by atoms with E-state index in [1.165, 1.54) is 16.7 Å². The van der Waals surface area contributed by atoms with E-state index in [1.54, 1.807) is 0 Å². The Balaban J connectivity index is 1.92. The van der Waals surface area contributed by atoms with Gasteiger partial charge >= 0.3 is 0 Å². The van der Waals surface area contributed by atoms with Gasteiger partial charge in [-0.2, -0.15) is 0 Å². The van der Waals surface area contributed by atoms with Gasteiger partial charge in [-0.3, -0.25) is 0 Å². The van der Waals surface area contributed by atoms with E-state index in [1.807, 2.05) is 19.2 Å². The number of likely N-dealkylation sites (N-methyl/N-ethyl adjacent to an activating group) is 1. The van der Waals surface area contributed by atoms with E-state index in [9.17, 15) is 0 Å². The summed E-state index contributed by atoms with van der Waals surface area (Å²) in [6.07, 6.45) is 3.30. The second kappa shape index (κ2) is 7.47. The maximum absolute atomic E-state index is 5.93. The van der Waals surface area contributed by atoms with Crippen molar-refractivity contribution in [2.45, 2.75) is 32.2 Å². The van der Waals surface area contributed by atoms with Crippen molar-refractivity contribution in [3.63, 3.8) is 0 Å². The van der Waals surface area contributed by atoms with Crippen LogP contribution in [0.15, 0.2) is 48.5 Å². The summed E-state index contributed by atoms with van der Waals surface area (Å²) in [7, 11) is 2.04. The highest BCUT2D eigenvalue weighted by atomic mass is 35.5. The molecule has 20 heavy (non-hydrogen) atoms. The molecule has 106 valence electrons. The summed E-state index contributed by atoms with van der Waals surface area (Å²) in [5, 5.41) is 4.22. The van der Waals surface area contributed by atoms with Gasteiger partial charge in [-0.1, -0.05) is 48.0 Å². The van der Waals surface area contributed by atoms with Gasteiger partial charge in [-0.15, -0.1) is 0 Å². The van der Waals surface area contributed by atoms with Crippen LogP contribution in [0.5, 0.6) is 0 Å². The van der Waals surface area contributed by atoms with Crippen molar-refractivity contribution >= 4 is 11.6 Å². The molecule has 0 saturated heterocycles. The molecule has 0 aromatic heterocycles. The molecule has 0 aliphatic heterocycles. The number of rotatable bonds is 6. The number of aryl methyl sites for hydroxylation is 2. The van der Waals surface area contributed by atoms with Gasteiger partial charge in [0.05, 0.1) is 0 Å². The Morgan fingerprint density at radius 2 is 1.75 bits per heavy atom. The smallest absolute Gasteiger partial charge is 0.0406 e. The molecule has 1 N–H and O–H groups in total. The van der Waals surface area contributed by atoms with Gasteiger partial charge in [0.15, 0.2) is 0 Å². The fourth-order valence-corrected chi connectivity index (χ4v) is 2.60. The highest BCUT2D eigenvalue weighted by Gasteiger charge is 2.08. The third-order valence-electron chi connectivity index (χ3n) is 3.83. The van der Waals surface area contributed by atoms with Gasteiger partial charge in [0, 0.05) is 11.1 Å². The maximum Gasteiger partial charge on any atom is 0.0406 e. The van der Waals surface area contributed by atoms with Crippen molar-refractivity contribution in [2.24, 2.45) is 0 Å². The molecule has 0 heterocycles. The van der Waals surface area contributed by atoms with E-state index >= 15 is 0 Å². The van der Waals surface area contributed by atoms with Crippen LogP contribution in [-0.4, -0.2) is 13.1 Å². The Labute approximate surface area is 127 Å². The zero-order valence-electron chi connectivity index (χ0n) is 12.2. The van der Waals surface area contributed by atoms with Crippen molar-refractivity contribution in [1.29, 1.82) is 0 Å². The predicted molar refractivity (Wildman–Crippen MR) is 87.5 cm³/mol. The SMILES string of the molecule is CNC(CCc1ccccc1C)Cc1ccc(Cl)cc1. The van der Waals surface area contributed by atoms with Gasteiger partial charge in [0.1, 0.15) is 0 Å². The minimum Gasteiger partial charge on any atom is -0.317 e. The Bertz CT molecular complexity index is 533. The third kappa shape index (κ3) is 4.36. The van der Waals surface area contributed by atoms with Crippen LogP contribution in [0, 0.1) is 6.92 Å². The lowest BCUT2D eigenvalue weighted by atomic mass is 9.97. The summed E-state index contributed by atoms with van der Waals surface area (Å²) in [4.78, 5) is 0. The second-order valence-electron chi connectivity index (χ2n) is 5.28. The fraction of sp³-hybridized carbons (Fsp3) is 0.333. The average molecular weight is 288 g/mol. The minimum atomic E-state index is 0.496. The van der Waals surface area contributed by atoms with Gasteiger partial charge < -0.3 is 5.32 Å². The molecule has 2 heteroatoms. The molecule has 0 spiro atoms. The first-order chi connectivity index (χ1) is 9.69. The number of nitrogens with one attached hydrogen (secondary N) is 1. The van der Waals surface area contributed by atoms with Crippen LogP contribution in [0.25, 0.3) is 0 Å². The van der Waals surface area contributed by atoms with Crippen molar-refractivity contribution in [3.8, 4) is 0 Å². The van der Waals surface area contributed by atoms with Crippen LogP contribution < -0.4 is 5.32 Å². The van der Waals surface area contributed by atoms with E-state index in [0.29, 0.717) is 6.04 Å². The van der Waals surface area contributed by atoms with E-state index in [-0.39, 0.29) is 0 Å². The van der Waals surface area contributed by atoms with Crippen LogP contribution in [0.3, 0.4) is 0 Å². The standard InChI is InChI=1S/C18H22ClN/c1-14-5-3-4-6-16(14)9-12-18(20-2)13-15-7-10-17(19)11-8-15/h3-8,10-11,18,20H,9,12-13H2,1-2H3. The lowest BCUT2D eigenvalue weighted by molar-refractivity contribution is 0.519. The fourth-order valence-electron chi connectivity index (χ4n) is 2.47. The number of benzene rings is 2. The van der Waals surface area contributed by atoms with E-state index in [0.717, 1.165) is 24.3 Å². The molecule has 0 aliphatic rings. The summed E-state index contributed by atoms with van der Waals surface area (Å²) in [6, 6.07) is 17.3. The molecule has 0 aliphatic carbocycles. The van der Waals surface area contributed by atoms with Crippen LogP contribution in [0.2, 0.25) is 5.02 Å². The molecular formula is C18H22ClN. The molecule has 0 amide bonds. The Hall–Kier alpha value is -1.31. The second-order valence-corrected chi connectivity index (χ2v) is 5.72. The normalized spacial score (nSPS) is 12.3. The van der Waals surface area contributed by atoms with Gasteiger partial charge in [0.25, 0.3) is 0 Å². The zero-order valence-corrected chi connectivity index (χ0v) is 13.0. The van der Waals surface area contributed by atoms with E-state index in [4.69, 9.17) is 11.6 Å². The largest absolute Gasteiger partial charge is 0.317 e.